The lowest BCUT2D eigenvalue weighted by molar-refractivity contribution is -0.105. The number of hydrogen-bond acceptors (Lipinski definition) is 3. The minimum Gasteiger partial charge on any atom is -0.306 e. The smallest absolute Gasteiger partial charge is 0.306 e. The number of benzene rings is 1. The van der Waals surface area contributed by atoms with E-state index in [2.05, 4.69) is 11.9 Å². The summed E-state index contributed by atoms with van der Waals surface area (Å²) in [6.45, 7) is 2.24. The summed E-state index contributed by atoms with van der Waals surface area (Å²) in [6, 6.07) is 7.44. The van der Waals surface area contributed by atoms with Crippen LogP contribution in [0, 0.1) is 0 Å². The van der Waals surface area contributed by atoms with Gasteiger partial charge < -0.3 is 4.90 Å². The molecule has 0 atom stereocenters. The summed E-state index contributed by atoms with van der Waals surface area (Å²) in [5.41, 5.74) is 0. The molecule has 0 amide bonds. The standard InChI is InChI=1S/C14H18F3NS2/c1-18-8-6-13(7-9-18)20-12-4-2-11(3-5-12)19-10-14(15,16)17/h2-5,13H,6-10H2,1H3. The highest BCUT2D eigenvalue weighted by Gasteiger charge is 2.27. The summed E-state index contributed by atoms with van der Waals surface area (Å²) < 4.78 is 36.4. The number of alkyl halides is 3. The SMILES string of the molecule is CN1CCC(Sc2ccc(SCC(F)(F)F)cc2)CC1. The first-order chi connectivity index (χ1) is 9.42. The average Bonchev–Trinajstić information content (AvgIpc) is 2.40. The predicted molar refractivity (Wildman–Crippen MR) is 79.6 cm³/mol. The Labute approximate surface area is 126 Å². The number of nitrogens with zero attached hydrogens (tertiary/aromatic N) is 1. The molecule has 1 aliphatic heterocycles. The van der Waals surface area contributed by atoms with E-state index < -0.39 is 11.9 Å². The molecule has 0 N–H and O–H groups in total. The maximum Gasteiger partial charge on any atom is 0.398 e. The highest BCUT2D eigenvalue weighted by Crippen LogP contribution is 2.32. The maximum absolute atomic E-state index is 12.1. The molecule has 0 unspecified atom stereocenters. The lowest BCUT2D eigenvalue weighted by atomic mass is 10.1. The third-order valence-corrected chi connectivity index (χ3v) is 5.62. The van der Waals surface area contributed by atoms with E-state index in [1.807, 2.05) is 23.9 Å². The van der Waals surface area contributed by atoms with Crippen molar-refractivity contribution in [3.05, 3.63) is 24.3 Å². The molecule has 0 bridgehead atoms. The van der Waals surface area contributed by atoms with Gasteiger partial charge in [-0.3, -0.25) is 0 Å². The normalized spacial score (nSPS) is 18.4. The second kappa shape index (κ2) is 7.09. The van der Waals surface area contributed by atoms with Crippen LogP contribution in [0.2, 0.25) is 0 Å². The quantitative estimate of drug-likeness (QED) is 0.750. The number of likely N-dealkylation sites (tertiary alicyclic amines) is 1. The van der Waals surface area contributed by atoms with E-state index in [1.165, 1.54) is 12.8 Å². The van der Waals surface area contributed by atoms with Crippen LogP contribution in [-0.4, -0.2) is 42.2 Å². The van der Waals surface area contributed by atoms with Gasteiger partial charge in [-0.2, -0.15) is 13.2 Å². The van der Waals surface area contributed by atoms with Crippen LogP contribution in [0.5, 0.6) is 0 Å². The third kappa shape index (κ3) is 5.58. The number of halogens is 3. The molecule has 1 saturated heterocycles. The summed E-state index contributed by atoms with van der Waals surface area (Å²) in [5, 5.41) is 0.625. The average molecular weight is 321 g/mol. The van der Waals surface area contributed by atoms with Crippen LogP contribution < -0.4 is 0 Å². The first-order valence-corrected chi connectivity index (χ1v) is 8.44. The van der Waals surface area contributed by atoms with Gasteiger partial charge >= 0.3 is 6.18 Å². The molecule has 1 nitrogen and oxygen atoms in total. The van der Waals surface area contributed by atoms with Gasteiger partial charge in [-0.1, -0.05) is 0 Å². The van der Waals surface area contributed by atoms with Crippen molar-refractivity contribution in [1.29, 1.82) is 0 Å². The molecule has 20 heavy (non-hydrogen) atoms. The Balaban J connectivity index is 1.82. The van der Waals surface area contributed by atoms with E-state index in [-0.39, 0.29) is 0 Å². The topological polar surface area (TPSA) is 3.24 Å². The molecule has 1 fully saturated rings. The van der Waals surface area contributed by atoms with Crippen molar-refractivity contribution >= 4 is 23.5 Å². The zero-order valence-electron chi connectivity index (χ0n) is 11.3. The van der Waals surface area contributed by atoms with Crippen molar-refractivity contribution in [3.8, 4) is 0 Å². The monoisotopic (exact) mass is 321 g/mol. The van der Waals surface area contributed by atoms with Crippen molar-refractivity contribution in [3.63, 3.8) is 0 Å². The van der Waals surface area contributed by atoms with E-state index in [9.17, 15) is 13.2 Å². The van der Waals surface area contributed by atoms with Gasteiger partial charge in [-0.05, 0) is 57.2 Å². The highest BCUT2D eigenvalue weighted by molar-refractivity contribution is 8.00. The second-order valence-corrected chi connectivity index (χ2v) is 7.42. The van der Waals surface area contributed by atoms with Gasteiger partial charge in [0.05, 0.1) is 5.75 Å². The van der Waals surface area contributed by atoms with Crippen molar-refractivity contribution in [1.82, 2.24) is 4.90 Å². The first-order valence-electron chi connectivity index (χ1n) is 6.57. The molecular weight excluding hydrogens is 303 g/mol. The van der Waals surface area contributed by atoms with Crippen molar-refractivity contribution in [2.45, 2.75) is 34.1 Å². The van der Waals surface area contributed by atoms with Crippen LogP contribution in [0.3, 0.4) is 0 Å². The largest absolute Gasteiger partial charge is 0.398 e. The Morgan fingerprint density at radius 2 is 1.65 bits per heavy atom. The minimum absolute atomic E-state index is 0.625. The van der Waals surface area contributed by atoms with Crippen LogP contribution >= 0.6 is 23.5 Å². The number of hydrogen-bond donors (Lipinski definition) is 0. The van der Waals surface area contributed by atoms with E-state index >= 15 is 0 Å². The summed E-state index contributed by atoms with van der Waals surface area (Å²) >= 11 is 2.68. The van der Waals surface area contributed by atoms with E-state index in [1.54, 1.807) is 12.1 Å². The van der Waals surface area contributed by atoms with Crippen molar-refractivity contribution < 1.29 is 13.2 Å². The molecule has 1 aromatic carbocycles. The highest BCUT2D eigenvalue weighted by atomic mass is 32.2. The van der Waals surface area contributed by atoms with Crippen LogP contribution in [0.15, 0.2) is 34.1 Å². The van der Waals surface area contributed by atoms with E-state index in [0.717, 1.165) is 29.7 Å². The van der Waals surface area contributed by atoms with Gasteiger partial charge in [-0.15, -0.1) is 23.5 Å². The molecule has 1 aliphatic rings. The lowest BCUT2D eigenvalue weighted by Gasteiger charge is -2.28. The Morgan fingerprint density at radius 3 is 2.20 bits per heavy atom. The van der Waals surface area contributed by atoms with Gasteiger partial charge in [0, 0.05) is 15.0 Å². The molecule has 0 aliphatic carbocycles. The molecule has 0 spiro atoms. The van der Waals surface area contributed by atoms with Crippen LogP contribution in [0.25, 0.3) is 0 Å². The maximum atomic E-state index is 12.1. The Morgan fingerprint density at radius 1 is 1.10 bits per heavy atom. The Bertz CT molecular complexity index is 411. The molecule has 0 saturated carbocycles. The zero-order valence-corrected chi connectivity index (χ0v) is 13.0. The van der Waals surface area contributed by atoms with Gasteiger partial charge in [0.1, 0.15) is 0 Å². The fourth-order valence-electron chi connectivity index (χ4n) is 2.07. The minimum atomic E-state index is -4.10. The number of rotatable bonds is 4. The van der Waals surface area contributed by atoms with E-state index in [4.69, 9.17) is 0 Å². The van der Waals surface area contributed by atoms with Crippen molar-refractivity contribution in [2.75, 3.05) is 25.9 Å². The summed E-state index contributed by atoms with van der Waals surface area (Å²) in [7, 11) is 2.13. The van der Waals surface area contributed by atoms with Gasteiger partial charge in [0.25, 0.3) is 0 Å². The molecule has 1 heterocycles. The van der Waals surface area contributed by atoms with Crippen LogP contribution in [-0.2, 0) is 0 Å². The lowest BCUT2D eigenvalue weighted by Crippen LogP contribution is -2.31. The molecule has 2 rings (SSSR count). The van der Waals surface area contributed by atoms with Crippen LogP contribution in [0.1, 0.15) is 12.8 Å². The zero-order chi connectivity index (χ0) is 14.6. The van der Waals surface area contributed by atoms with Gasteiger partial charge in [0.15, 0.2) is 0 Å². The number of thioether (sulfide) groups is 2. The summed E-state index contributed by atoms with van der Waals surface area (Å²) in [4.78, 5) is 4.15. The second-order valence-electron chi connectivity index (χ2n) is 5.00. The Hall–Kier alpha value is -0.330. The molecule has 0 radical (unpaired) electrons. The first kappa shape index (κ1) is 16.0. The third-order valence-electron chi connectivity index (χ3n) is 3.19. The fourth-order valence-corrected chi connectivity index (χ4v) is 3.86. The molecule has 1 aromatic rings. The van der Waals surface area contributed by atoms with E-state index in [0.29, 0.717) is 10.1 Å². The molecule has 112 valence electrons. The van der Waals surface area contributed by atoms with Gasteiger partial charge in [0.2, 0.25) is 0 Å². The molecule has 0 aromatic heterocycles. The predicted octanol–water partition coefficient (Wildman–Crippen LogP) is 4.53. The molecular formula is C14H18F3NS2. The molecule has 6 heteroatoms. The van der Waals surface area contributed by atoms with Crippen molar-refractivity contribution in [2.24, 2.45) is 0 Å². The fraction of sp³-hybridized carbons (Fsp3) is 0.571. The van der Waals surface area contributed by atoms with Gasteiger partial charge in [-0.25, -0.2) is 0 Å². The summed E-state index contributed by atoms with van der Waals surface area (Å²) in [6.07, 6.45) is -1.76. The number of piperidine rings is 1. The summed E-state index contributed by atoms with van der Waals surface area (Å²) in [5.74, 6) is -0.825. The Kier molecular flexibility index (Phi) is 5.69. The van der Waals surface area contributed by atoms with Crippen LogP contribution in [0.4, 0.5) is 13.2 Å².